The van der Waals surface area contributed by atoms with Gasteiger partial charge in [-0.1, -0.05) is 51.7 Å². The lowest BCUT2D eigenvalue weighted by Crippen LogP contribution is -2.38. The van der Waals surface area contributed by atoms with E-state index in [1.807, 2.05) is 12.1 Å². The summed E-state index contributed by atoms with van der Waals surface area (Å²) in [5.74, 6) is -0.0339. The molecule has 1 fully saturated rings. The highest BCUT2D eigenvalue weighted by Gasteiger charge is 2.25. The van der Waals surface area contributed by atoms with E-state index in [1.165, 1.54) is 7.11 Å². The van der Waals surface area contributed by atoms with E-state index in [0.717, 1.165) is 122 Å². The second-order valence-electron chi connectivity index (χ2n) is 13.8. The average Bonchev–Trinajstić information content (AvgIpc) is 3.13. The normalized spacial score (nSPS) is 16.5. The topological polar surface area (TPSA) is 135 Å². The highest BCUT2D eigenvalue weighted by atomic mass is 16.5. The second-order valence-corrected chi connectivity index (χ2v) is 13.8. The molecule has 2 aliphatic rings. The molecule has 2 aromatic rings. The number of hydrogen-bond donors (Lipinski definition) is 2. The molecule has 1 aromatic heterocycles. The van der Waals surface area contributed by atoms with Gasteiger partial charge in [-0.25, -0.2) is 4.79 Å². The van der Waals surface area contributed by atoms with Crippen LogP contribution in [0.25, 0.3) is 0 Å². The summed E-state index contributed by atoms with van der Waals surface area (Å²) in [6.45, 7) is 11.8. The van der Waals surface area contributed by atoms with Crippen molar-refractivity contribution in [3.8, 4) is 6.01 Å². The van der Waals surface area contributed by atoms with Gasteiger partial charge in [0.15, 0.2) is 5.82 Å². The second kappa shape index (κ2) is 22.4. The number of anilines is 2. The number of ether oxygens (including phenoxy) is 3. The SMILES string of the molecule is CCCCCCC(=O)Nc1nc(OCCCC)nc2c1NC(=O)CC(CCCN(CCCN1CCOCC1)Cc1cccc(C(=O)OC)c1)CC2. The van der Waals surface area contributed by atoms with Crippen molar-refractivity contribution in [2.45, 2.75) is 104 Å². The number of aromatic nitrogens is 2. The number of nitrogens with one attached hydrogen (secondary N) is 2. The van der Waals surface area contributed by atoms with E-state index in [2.05, 4.69) is 45.3 Å². The average molecular weight is 709 g/mol. The Kier molecular flexibility index (Phi) is 17.6. The van der Waals surface area contributed by atoms with Gasteiger partial charge in [0.05, 0.1) is 38.2 Å². The van der Waals surface area contributed by atoms with Crippen molar-refractivity contribution in [1.29, 1.82) is 0 Å². The van der Waals surface area contributed by atoms with Crippen LogP contribution in [0.5, 0.6) is 6.01 Å². The van der Waals surface area contributed by atoms with E-state index in [4.69, 9.17) is 19.2 Å². The maximum atomic E-state index is 13.4. The lowest BCUT2D eigenvalue weighted by atomic mass is 9.91. The van der Waals surface area contributed by atoms with Crippen LogP contribution in [0, 0.1) is 5.92 Å². The predicted octanol–water partition coefficient (Wildman–Crippen LogP) is 6.25. The molecular formula is C39H60N6O6. The van der Waals surface area contributed by atoms with Crippen LogP contribution in [0.4, 0.5) is 11.5 Å². The summed E-state index contributed by atoms with van der Waals surface area (Å²) in [5.41, 5.74) is 2.82. The number of morpholine rings is 1. The van der Waals surface area contributed by atoms with Crippen molar-refractivity contribution in [3.05, 3.63) is 41.1 Å². The van der Waals surface area contributed by atoms with Crippen molar-refractivity contribution >= 4 is 29.3 Å². The maximum absolute atomic E-state index is 13.4. The third-order valence-corrected chi connectivity index (χ3v) is 9.63. The number of esters is 1. The molecule has 0 saturated carbocycles. The number of fused-ring (bicyclic) bond motifs is 1. The summed E-state index contributed by atoms with van der Waals surface area (Å²) < 4.78 is 16.4. The molecule has 0 bridgehead atoms. The first kappa shape index (κ1) is 40.2. The Morgan fingerprint density at radius 3 is 2.63 bits per heavy atom. The number of amides is 2. The fourth-order valence-electron chi connectivity index (χ4n) is 6.70. The molecular weight excluding hydrogens is 648 g/mol. The Labute approximate surface area is 304 Å². The molecule has 1 atom stereocenters. The van der Waals surface area contributed by atoms with Gasteiger partial charge in [0.1, 0.15) is 5.69 Å². The highest BCUT2D eigenvalue weighted by molar-refractivity contribution is 5.99. The minimum Gasteiger partial charge on any atom is -0.465 e. The molecule has 282 valence electrons. The summed E-state index contributed by atoms with van der Waals surface area (Å²) in [6, 6.07) is 7.91. The summed E-state index contributed by atoms with van der Waals surface area (Å²) in [7, 11) is 1.40. The third kappa shape index (κ3) is 14.1. The molecule has 0 aliphatic carbocycles. The first-order valence-electron chi connectivity index (χ1n) is 19.2. The van der Waals surface area contributed by atoms with Gasteiger partial charge in [-0.05, 0) is 88.2 Å². The Bertz CT molecular complexity index is 1380. The van der Waals surface area contributed by atoms with Crippen LogP contribution >= 0.6 is 0 Å². The molecule has 0 spiro atoms. The van der Waals surface area contributed by atoms with Crippen LogP contribution in [0.3, 0.4) is 0 Å². The van der Waals surface area contributed by atoms with Crippen LogP contribution in [-0.4, -0.2) is 97.2 Å². The number of carbonyl (C=O) groups excluding carboxylic acids is 3. The first-order valence-corrected chi connectivity index (χ1v) is 19.2. The Balaban J connectivity index is 1.39. The molecule has 2 amide bonds. The lowest BCUT2D eigenvalue weighted by Gasteiger charge is -2.29. The van der Waals surface area contributed by atoms with Crippen LogP contribution in [0.15, 0.2) is 24.3 Å². The third-order valence-electron chi connectivity index (χ3n) is 9.63. The van der Waals surface area contributed by atoms with E-state index in [0.29, 0.717) is 48.6 Å². The molecule has 2 N–H and O–H groups in total. The van der Waals surface area contributed by atoms with Crippen molar-refractivity contribution in [3.63, 3.8) is 0 Å². The quantitative estimate of drug-likeness (QED) is 0.113. The zero-order valence-electron chi connectivity index (χ0n) is 31.2. The fraction of sp³-hybridized carbons (Fsp3) is 0.667. The molecule has 1 unspecified atom stereocenters. The number of unbranched alkanes of at least 4 members (excludes halogenated alkanes) is 4. The standard InChI is InChI=1S/C39H60N6O6/c1-4-6-8-9-16-34(46)42-37-36-33(40-39(43-37)51-24-7-5-2)18-17-30(28-35(47)41-36)14-11-19-45(21-12-20-44-22-25-50-26-23-44)29-31-13-10-15-32(27-31)38(48)49-3/h10,13,15,27,30H,4-9,11-12,14,16-26,28-29H2,1-3H3,(H,41,47)(H,40,42,43,46). The summed E-state index contributed by atoms with van der Waals surface area (Å²) in [6.07, 6.45) is 11.0. The van der Waals surface area contributed by atoms with Gasteiger partial charge >= 0.3 is 12.0 Å². The van der Waals surface area contributed by atoms with Gasteiger partial charge in [0.25, 0.3) is 0 Å². The van der Waals surface area contributed by atoms with E-state index in [-0.39, 0.29) is 29.7 Å². The van der Waals surface area contributed by atoms with Gasteiger partial charge in [-0.3, -0.25) is 19.4 Å². The Hall–Kier alpha value is -3.61. The van der Waals surface area contributed by atoms with E-state index >= 15 is 0 Å². The highest BCUT2D eigenvalue weighted by Crippen LogP contribution is 2.32. The van der Waals surface area contributed by atoms with Gasteiger partial charge in [0.2, 0.25) is 11.8 Å². The van der Waals surface area contributed by atoms with Crippen molar-refractivity contribution in [1.82, 2.24) is 19.8 Å². The molecule has 1 aromatic carbocycles. The zero-order valence-corrected chi connectivity index (χ0v) is 31.2. The van der Waals surface area contributed by atoms with Crippen LogP contribution in [0.1, 0.15) is 113 Å². The van der Waals surface area contributed by atoms with Crippen LogP contribution in [0.2, 0.25) is 0 Å². The Morgan fingerprint density at radius 1 is 1.04 bits per heavy atom. The number of benzene rings is 1. The zero-order chi connectivity index (χ0) is 36.3. The number of methoxy groups -OCH3 is 1. The summed E-state index contributed by atoms with van der Waals surface area (Å²) >= 11 is 0. The monoisotopic (exact) mass is 708 g/mol. The number of rotatable bonds is 21. The largest absolute Gasteiger partial charge is 0.465 e. The lowest BCUT2D eigenvalue weighted by molar-refractivity contribution is -0.117. The molecule has 3 heterocycles. The van der Waals surface area contributed by atoms with E-state index in [1.54, 1.807) is 6.07 Å². The summed E-state index contributed by atoms with van der Waals surface area (Å²) in [5, 5.41) is 6.00. The van der Waals surface area contributed by atoms with Crippen LogP contribution in [-0.2, 0) is 32.0 Å². The Morgan fingerprint density at radius 2 is 1.84 bits per heavy atom. The minimum absolute atomic E-state index is 0.0929. The minimum atomic E-state index is -0.332. The molecule has 0 radical (unpaired) electrons. The van der Waals surface area contributed by atoms with Gasteiger partial charge < -0.3 is 24.8 Å². The smallest absolute Gasteiger partial charge is 0.337 e. The van der Waals surface area contributed by atoms with E-state index < -0.39 is 0 Å². The predicted molar refractivity (Wildman–Crippen MR) is 199 cm³/mol. The molecule has 2 aliphatic heterocycles. The first-order chi connectivity index (χ1) is 24.9. The molecule has 4 rings (SSSR count). The number of aryl methyl sites for hydroxylation is 1. The van der Waals surface area contributed by atoms with E-state index in [9.17, 15) is 14.4 Å². The summed E-state index contributed by atoms with van der Waals surface area (Å²) in [4.78, 5) is 52.6. The molecule has 12 nitrogen and oxygen atoms in total. The van der Waals surface area contributed by atoms with Gasteiger partial charge in [-0.15, -0.1) is 0 Å². The molecule has 1 saturated heterocycles. The van der Waals surface area contributed by atoms with Gasteiger partial charge in [0, 0.05) is 32.5 Å². The molecule has 12 heteroatoms. The number of nitrogens with zero attached hydrogens (tertiary/aromatic N) is 4. The fourth-order valence-corrected chi connectivity index (χ4v) is 6.70. The maximum Gasteiger partial charge on any atom is 0.337 e. The molecule has 51 heavy (non-hydrogen) atoms. The number of hydrogen-bond acceptors (Lipinski definition) is 10. The van der Waals surface area contributed by atoms with Crippen LogP contribution < -0.4 is 15.4 Å². The van der Waals surface area contributed by atoms with Crippen molar-refractivity contribution in [2.75, 3.05) is 70.3 Å². The van der Waals surface area contributed by atoms with Crippen molar-refractivity contribution < 1.29 is 28.6 Å². The van der Waals surface area contributed by atoms with Crippen molar-refractivity contribution in [2.24, 2.45) is 5.92 Å². The number of carbonyl (C=O) groups is 3. The van der Waals surface area contributed by atoms with Gasteiger partial charge in [-0.2, -0.15) is 9.97 Å².